The highest BCUT2D eigenvalue weighted by molar-refractivity contribution is 6.30. The van der Waals surface area contributed by atoms with E-state index in [4.69, 9.17) is 11.6 Å². The molecule has 0 radical (unpaired) electrons. The molecule has 98 valence electrons. The second-order valence-electron chi connectivity index (χ2n) is 5.70. The first kappa shape index (κ1) is 12.5. The minimum absolute atomic E-state index is 0.662. The second kappa shape index (κ2) is 5.20. The van der Waals surface area contributed by atoms with E-state index >= 15 is 0 Å². The van der Waals surface area contributed by atoms with Gasteiger partial charge in [-0.25, -0.2) is 0 Å². The zero-order valence-electron chi connectivity index (χ0n) is 11.0. The minimum Gasteiger partial charge on any atom is -0.298 e. The van der Waals surface area contributed by atoms with Crippen LogP contribution in [0.4, 0.5) is 0 Å². The van der Waals surface area contributed by atoms with E-state index in [1.165, 1.54) is 38.0 Å². The quantitative estimate of drug-likeness (QED) is 0.810. The SMILES string of the molecule is C[C@H]1CN2CCC[C@@H]2CN1Cc1ccc(Cl)cc1. The van der Waals surface area contributed by atoms with E-state index in [1.807, 2.05) is 12.1 Å². The molecule has 1 aromatic carbocycles. The summed E-state index contributed by atoms with van der Waals surface area (Å²) in [5, 5.41) is 0.826. The van der Waals surface area contributed by atoms with E-state index < -0.39 is 0 Å². The number of hydrogen-bond acceptors (Lipinski definition) is 2. The van der Waals surface area contributed by atoms with Gasteiger partial charge in [-0.15, -0.1) is 0 Å². The normalized spacial score (nSPS) is 29.4. The van der Waals surface area contributed by atoms with Gasteiger partial charge in [0.1, 0.15) is 0 Å². The molecule has 2 nitrogen and oxygen atoms in total. The topological polar surface area (TPSA) is 6.48 Å². The Balaban J connectivity index is 1.66. The van der Waals surface area contributed by atoms with Gasteiger partial charge in [-0.1, -0.05) is 23.7 Å². The van der Waals surface area contributed by atoms with Crippen LogP contribution in [0.1, 0.15) is 25.3 Å². The molecule has 0 bridgehead atoms. The van der Waals surface area contributed by atoms with Crippen LogP contribution in [-0.2, 0) is 6.54 Å². The third-order valence-corrected chi connectivity index (χ3v) is 4.62. The number of halogens is 1. The molecule has 0 spiro atoms. The number of benzene rings is 1. The Labute approximate surface area is 115 Å². The number of hydrogen-bond donors (Lipinski definition) is 0. The summed E-state index contributed by atoms with van der Waals surface area (Å²) in [5.74, 6) is 0. The van der Waals surface area contributed by atoms with Crippen molar-refractivity contribution in [3.63, 3.8) is 0 Å². The van der Waals surface area contributed by atoms with Gasteiger partial charge in [0.05, 0.1) is 0 Å². The molecular weight excluding hydrogens is 244 g/mol. The van der Waals surface area contributed by atoms with Crippen molar-refractivity contribution in [1.82, 2.24) is 9.80 Å². The fourth-order valence-corrected chi connectivity index (χ4v) is 3.42. The maximum Gasteiger partial charge on any atom is 0.0406 e. The van der Waals surface area contributed by atoms with Crippen LogP contribution in [0.2, 0.25) is 5.02 Å². The smallest absolute Gasteiger partial charge is 0.0406 e. The second-order valence-corrected chi connectivity index (χ2v) is 6.13. The zero-order valence-corrected chi connectivity index (χ0v) is 11.7. The van der Waals surface area contributed by atoms with Gasteiger partial charge in [0.15, 0.2) is 0 Å². The minimum atomic E-state index is 0.662. The molecule has 0 amide bonds. The van der Waals surface area contributed by atoms with E-state index in [2.05, 4.69) is 28.9 Å². The summed E-state index contributed by atoms with van der Waals surface area (Å²) in [4.78, 5) is 5.29. The molecule has 1 aromatic rings. The molecule has 0 aromatic heterocycles. The van der Waals surface area contributed by atoms with Crippen molar-refractivity contribution in [1.29, 1.82) is 0 Å². The molecule has 2 aliphatic rings. The third-order valence-electron chi connectivity index (χ3n) is 4.37. The highest BCUT2D eigenvalue weighted by Gasteiger charge is 2.33. The predicted octanol–water partition coefficient (Wildman–Crippen LogP) is 3.01. The lowest BCUT2D eigenvalue weighted by Crippen LogP contribution is -2.54. The van der Waals surface area contributed by atoms with E-state index in [1.54, 1.807) is 0 Å². The third kappa shape index (κ3) is 2.56. The van der Waals surface area contributed by atoms with Crippen LogP contribution >= 0.6 is 11.6 Å². The first-order valence-electron chi connectivity index (χ1n) is 6.95. The first-order valence-corrected chi connectivity index (χ1v) is 7.33. The number of fused-ring (bicyclic) bond motifs is 1. The van der Waals surface area contributed by atoms with Crippen molar-refractivity contribution in [2.75, 3.05) is 19.6 Å². The summed E-state index contributed by atoms with van der Waals surface area (Å²) in [6, 6.07) is 9.75. The van der Waals surface area contributed by atoms with Gasteiger partial charge < -0.3 is 0 Å². The van der Waals surface area contributed by atoms with Gasteiger partial charge in [0.25, 0.3) is 0 Å². The molecule has 0 aliphatic carbocycles. The van der Waals surface area contributed by atoms with E-state index in [9.17, 15) is 0 Å². The zero-order chi connectivity index (χ0) is 12.5. The van der Waals surface area contributed by atoms with Crippen LogP contribution in [0.5, 0.6) is 0 Å². The summed E-state index contributed by atoms with van der Waals surface area (Å²) >= 11 is 5.94. The Hall–Kier alpha value is -0.570. The molecule has 0 N–H and O–H groups in total. The molecular formula is C15H21ClN2. The Kier molecular flexibility index (Phi) is 3.60. The highest BCUT2D eigenvalue weighted by Crippen LogP contribution is 2.25. The average Bonchev–Trinajstić information content (AvgIpc) is 2.79. The fourth-order valence-electron chi connectivity index (χ4n) is 3.29. The van der Waals surface area contributed by atoms with Gasteiger partial charge in [-0.3, -0.25) is 9.80 Å². The Morgan fingerprint density at radius 2 is 2.00 bits per heavy atom. The van der Waals surface area contributed by atoms with Crippen LogP contribution in [0.15, 0.2) is 24.3 Å². The summed E-state index contributed by atoms with van der Waals surface area (Å²) in [5.41, 5.74) is 1.37. The molecule has 3 heteroatoms. The predicted molar refractivity (Wildman–Crippen MR) is 75.9 cm³/mol. The van der Waals surface area contributed by atoms with E-state index in [0.29, 0.717) is 6.04 Å². The van der Waals surface area contributed by atoms with E-state index in [-0.39, 0.29) is 0 Å². The monoisotopic (exact) mass is 264 g/mol. The van der Waals surface area contributed by atoms with Crippen molar-refractivity contribution in [3.8, 4) is 0 Å². The van der Waals surface area contributed by atoms with Gasteiger partial charge >= 0.3 is 0 Å². The molecule has 0 unspecified atom stereocenters. The molecule has 2 aliphatic heterocycles. The van der Waals surface area contributed by atoms with Crippen molar-refractivity contribution in [3.05, 3.63) is 34.9 Å². The number of rotatable bonds is 2. The summed E-state index contributed by atoms with van der Waals surface area (Å²) < 4.78 is 0. The number of nitrogens with zero attached hydrogens (tertiary/aromatic N) is 2. The lowest BCUT2D eigenvalue weighted by molar-refractivity contribution is 0.0540. The lowest BCUT2D eigenvalue weighted by atomic mass is 10.1. The maximum absolute atomic E-state index is 5.94. The van der Waals surface area contributed by atoms with Crippen LogP contribution in [0.25, 0.3) is 0 Å². The molecule has 2 fully saturated rings. The highest BCUT2D eigenvalue weighted by atomic mass is 35.5. The summed E-state index contributed by atoms with van der Waals surface area (Å²) in [6.45, 7) is 7.18. The van der Waals surface area contributed by atoms with Gasteiger partial charge in [0.2, 0.25) is 0 Å². The van der Waals surface area contributed by atoms with Gasteiger partial charge in [0, 0.05) is 36.7 Å². The van der Waals surface area contributed by atoms with Crippen LogP contribution in [0, 0.1) is 0 Å². The molecule has 2 saturated heterocycles. The molecule has 2 heterocycles. The van der Waals surface area contributed by atoms with Crippen LogP contribution in [-0.4, -0.2) is 41.5 Å². The Morgan fingerprint density at radius 3 is 2.78 bits per heavy atom. The van der Waals surface area contributed by atoms with Crippen LogP contribution < -0.4 is 0 Å². The summed E-state index contributed by atoms with van der Waals surface area (Å²) in [7, 11) is 0. The van der Waals surface area contributed by atoms with Crippen LogP contribution in [0.3, 0.4) is 0 Å². The van der Waals surface area contributed by atoms with Crippen molar-refractivity contribution < 1.29 is 0 Å². The fraction of sp³-hybridized carbons (Fsp3) is 0.600. The Morgan fingerprint density at radius 1 is 1.22 bits per heavy atom. The first-order chi connectivity index (χ1) is 8.72. The van der Waals surface area contributed by atoms with E-state index in [0.717, 1.165) is 17.6 Å². The van der Waals surface area contributed by atoms with Crippen molar-refractivity contribution in [2.24, 2.45) is 0 Å². The van der Waals surface area contributed by atoms with Gasteiger partial charge in [-0.05, 0) is 44.0 Å². The number of piperazine rings is 1. The Bertz CT molecular complexity index is 403. The van der Waals surface area contributed by atoms with Crippen molar-refractivity contribution in [2.45, 2.75) is 38.4 Å². The van der Waals surface area contributed by atoms with Crippen molar-refractivity contribution >= 4 is 11.6 Å². The molecule has 0 saturated carbocycles. The van der Waals surface area contributed by atoms with Gasteiger partial charge in [-0.2, -0.15) is 0 Å². The molecule has 18 heavy (non-hydrogen) atoms. The largest absolute Gasteiger partial charge is 0.298 e. The molecule has 3 rings (SSSR count). The standard InChI is InChI=1S/C15H21ClN2/c1-12-9-17-8-2-3-15(17)11-18(12)10-13-4-6-14(16)7-5-13/h4-7,12,15H,2-3,8-11H2,1H3/t12-,15+/m0/s1. The summed E-state index contributed by atoms with van der Waals surface area (Å²) in [6.07, 6.45) is 2.76. The lowest BCUT2D eigenvalue weighted by Gasteiger charge is -2.42. The maximum atomic E-state index is 5.94. The average molecular weight is 265 g/mol. The molecule has 2 atom stereocenters.